The standard InChI is InChI=1S/C12H9BF3NO2S.2H2O/c13-7-3-1-2-4-8(7)17-11(18)9-10(12(14,15)16)19-5-6-20-9;;/h1-4H,5-6H2,(H,17,18);2*1H2. The van der Waals surface area contributed by atoms with E-state index < -0.39 is 22.7 Å². The first-order chi connectivity index (χ1) is 9.39. The molecule has 0 saturated carbocycles. The Morgan fingerprint density at radius 1 is 1.27 bits per heavy atom. The fourth-order valence-corrected chi connectivity index (χ4v) is 2.45. The van der Waals surface area contributed by atoms with Gasteiger partial charge < -0.3 is 21.0 Å². The van der Waals surface area contributed by atoms with E-state index in [0.29, 0.717) is 0 Å². The second-order valence-electron chi connectivity index (χ2n) is 3.89. The molecule has 1 aromatic carbocycles. The number of ether oxygens (including phenoxy) is 1. The second kappa shape index (κ2) is 8.11. The molecule has 0 aromatic heterocycles. The van der Waals surface area contributed by atoms with E-state index >= 15 is 0 Å². The summed E-state index contributed by atoms with van der Waals surface area (Å²) in [6.07, 6.45) is -4.69. The molecule has 1 aliphatic rings. The smallest absolute Gasteiger partial charge is 0.450 e. The van der Waals surface area contributed by atoms with E-state index in [2.05, 4.69) is 10.1 Å². The molecule has 0 fully saturated rings. The number of thioether (sulfide) groups is 1. The third-order valence-electron chi connectivity index (χ3n) is 2.46. The molecule has 0 spiro atoms. The molecule has 0 saturated heterocycles. The van der Waals surface area contributed by atoms with Gasteiger partial charge in [-0.3, -0.25) is 4.79 Å². The highest BCUT2D eigenvalue weighted by Crippen LogP contribution is 2.37. The molecule has 0 bridgehead atoms. The number of nitrogens with one attached hydrogen (secondary N) is 1. The summed E-state index contributed by atoms with van der Waals surface area (Å²) in [5.41, 5.74) is 0.537. The molecule has 5 N–H and O–H groups in total. The Morgan fingerprint density at radius 2 is 1.91 bits per heavy atom. The van der Waals surface area contributed by atoms with Gasteiger partial charge in [-0.15, -0.1) is 11.8 Å². The number of halogens is 3. The zero-order chi connectivity index (χ0) is 14.8. The van der Waals surface area contributed by atoms with Crippen LogP contribution in [0.3, 0.4) is 0 Å². The van der Waals surface area contributed by atoms with Crippen molar-refractivity contribution in [1.29, 1.82) is 0 Å². The molecule has 1 aliphatic heterocycles. The van der Waals surface area contributed by atoms with Crippen LogP contribution in [0.2, 0.25) is 0 Å². The van der Waals surface area contributed by atoms with E-state index in [4.69, 9.17) is 7.85 Å². The van der Waals surface area contributed by atoms with Crippen LogP contribution in [0.5, 0.6) is 0 Å². The molecule has 0 atom stereocenters. The molecule has 5 nitrogen and oxygen atoms in total. The van der Waals surface area contributed by atoms with Crippen molar-refractivity contribution in [3.05, 3.63) is 34.9 Å². The number of benzene rings is 1. The van der Waals surface area contributed by atoms with Crippen molar-refractivity contribution in [3.8, 4) is 0 Å². The summed E-state index contributed by atoms with van der Waals surface area (Å²) in [5, 5.41) is 2.36. The number of hydrogen-bond acceptors (Lipinski definition) is 3. The molecular formula is C12H13BF3NO4S. The number of para-hydroxylation sites is 1. The Balaban J connectivity index is 0.00000220. The lowest BCUT2D eigenvalue weighted by Gasteiger charge is -2.22. The highest BCUT2D eigenvalue weighted by molar-refractivity contribution is 8.04. The number of allylic oxidation sites excluding steroid dienone is 1. The minimum absolute atomic E-state index is 0. The second-order valence-corrected chi connectivity index (χ2v) is 5.00. The average molecular weight is 335 g/mol. The summed E-state index contributed by atoms with van der Waals surface area (Å²) < 4.78 is 42.9. The van der Waals surface area contributed by atoms with Crippen LogP contribution in [0.4, 0.5) is 18.9 Å². The summed E-state index contributed by atoms with van der Waals surface area (Å²) in [6.45, 7) is -0.0796. The molecular weight excluding hydrogens is 322 g/mol. The van der Waals surface area contributed by atoms with Gasteiger partial charge in [-0.1, -0.05) is 23.7 Å². The Kier molecular flexibility index (Phi) is 7.50. The number of anilines is 1. The largest absolute Gasteiger partial charge is 0.487 e. The highest BCUT2D eigenvalue weighted by Gasteiger charge is 2.42. The lowest BCUT2D eigenvalue weighted by molar-refractivity contribution is -0.133. The fraction of sp³-hybridized carbons (Fsp3) is 0.250. The maximum atomic E-state index is 12.8. The normalized spacial score (nSPS) is 14.3. The molecule has 22 heavy (non-hydrogen) atoms. The molecule has 2 rings (SSSR count). The van der Waals surface area contributed by atoms with E-state index in [1.165, 1.54) is 6.07 Å². The molecule has 120 valence electrons. The zero-order valence-electron chi connectivity index (χ0n) is 11.2. The molecule has 1 amide bonds. The predicted octanol–water partition coefficient (Wildman–Crippen LogP) is 0.307. The third-order valence-corrected chi connectivity index (χ3v) is 3.49. The minimum Gasteiger partial charge on any atom is -0.487 e. The number of alkyl halides is 3. The summed E-state index contributed by atoms with van der Waals surface area (Å²) >= 11 is 0.813. The number of amides is 1. The van der Waals surface area contributed by atoms with Crippen molar-refractivity contribution in [2.45, 2.75) is 6.18 Å². The molecule has 1 aromatic rings. The SMILES string of the molecule is O.O.[B]c1ccccc1NC(=O)C1=C(C(F)(F)F)OCCS1. The van der Waals surface area contributed by atoms with Crippen molar-refractivity contribution in [3.63, 3.8) is 0 Å². The Morgan fingerprint density at radius 3 is 2.50 bits per heavy atom. The Labute approximate surface area is 129 Å². The van der Waals surface area contributed by atoms with Crippen LogP contribution in [-0.4, -0.2) is 43.2 Å². The first kappa shape index (κ1) is 20.4. The number of rotatable bonds is 2. The molecule has 10 heteroatoms. The first-order valence-corrected chi connectivity index (χ1v) is 6.61. The van der Waals surface area contributed by atoms with Gasteiger partial charge in [-0.05, 0) is 6.07 Å². The van der Waals surface area contributed by atoms with Crippen molar-refractivity contribution in [2.75, 3.05) is 17.7 Å². The molecule has 0 aliphatic carbocycles. The number of carbonyl (C=O) groups is 1. The highest BCUT2D eigenvalue weighted by atomic mass is 32.2. The van der Waals surface area contributed by atoms with Gasteiger partial charge in [0.2, 0.25) is 5.76 Å². The van der Waals surface area contributed by atoms with Gasteiger partial charge in [-0.2, -0.15) is 13.2 Å². The van der Waals surface area contributed by atoms with Crippen LogP contribution in [0.1, 0.15) is 0 Å². The van der Waals surface area contributed by atoms with Gasteiger partial charge in [0.05, 0.1) is 6.61 Å². The zero-order valence-corrected chi connectivity index (χ0v) is 12.0. The van der Waals surface area contributed by atoms with Gasteiger partial charge in [0, 0.05) is 11.4 Å². The lowest BCUT2D eigenvalue weighted by Crippen LogP contribution is -2.27. The van der Waals surface area contributed by atoms with Crippen LogP contribution >= 0.6 is 11.8 Å². The van der Waals surface area contributed by atoms with Gasteiger partial charge in [0.25, 0.3) is 5.91 Å². The topological polar surface area (TPSA) is 101 Å². The van der Waals surface area contributed by atoms with Crippen LogP contribution in [0, 0.1) is 0 Å². The van der Waals surface area contributed by atoms with Gasteiger partial charge in [0.15, 0.2) is 0 Å². The van der Waals surface area contributed by atoms with Crippen LogP contribution in [0.15, 0.2) is 34.9 Å². The number of carbonyl (C=O) groups excluding carboxylic acids is 1. The fourth-order valence-electron chi connectivity index (χ4n) is 1.59. The predicted molar refractivity (Wildman–Crippen MR) is 79.2 cm³/mol. The minimum atomic E-state index is -4.69. The summed E-state index contributed by atoms with van der Waals surface area (Å²) in [4.78, 5) is 11.5. The van der Waals surface area contributed by atoms with Crippen molar-refractivity contribution in [2.24, 2.45) is 0 Å². The lowest BCUT2D eigenvalue weighted by atomic mass is 9.94. The van der Waals surface area contributed by atoms with Crippen molar-refractivity contribution < 1.29 is 33.7 Å². The van der Waals surface area contributed by atoms with Gasteiger partial charge >= 0.3 is 6.18 Å². The van der Waals surface area contributed by atoms with Crippen LogP contribution in [0.25, 0.3) is 0 Å². The summed E-state index contributed by atoms with van der Waals surface area (Å²) in [5.74, 6) is -1.84. The molecule has 2 radical (unpaired) electrons. The Hall–Kier alpha value is -1.65. The summed E-state index contributed by atoms with van der Waals surface area (Å²) in [6, 6.07) is 6.33. The summed E-state index contributed by atoms with van der Waals surface area (Å²) in [7, 11) is 5.63. The number of hydrogen-bond donors (Lipinski definition) is 1. The maximum Gasteiger partial charge on any atom is 0.450 e. The monoisotopic (exact) mass is 335 g/mol. The third kappa shape index (κ3) is 4.68. The van der Waals surface area contributed by atoms with Gasteiger partial charge in [0.1, 0.15) is 12.8 Å². The van der Waals surface area contributed by atoms with Crippen LogP contribution in [-0.2, 0) is 9.53 Å². The van der Waals surface area contributed by atoms with Gasteiger partial charge in [-0.25, -0.2) is 0 Å². The van der Waals surface area contributed by atoms with E-state index in [9.17, 15) is 18.0 Å². The van der Waals surface area contributed by atoms with E-state index in [1.54, 1.807) is 18.2 Å². The average Bonchev–Trinajstić information content (AvgIpc) is 2.40. The van der Waals surface area contributed by atoms with E-state index in [0.717, 1.165) is 11.8 Å². The van der Waals surface area contributed by atoms with Crippen molar-refractivity contribution >= 4 is 36.7 Å². The van der Waals surface area contributed by atoms with E-state index in [1.807, 2.05) is 0 Å². The maximum absolute atomic E-state index is 12.8. The first-order valence-electron chi connectivity index (χ1n) is 5.62. The molecule has 0 unspecified atom stereocenters. The molecule has 1 heterocycles. The van der Waals surface area contributed by atoms with Crippen molar-refractivity contribution in [1.82, 2.24) is 0 Å². The Bertz CT molecular complexity index is 566. The van der Waals surface area contributed by atoms with E-state index in [-0.39, 0.29) is 34.5 Å². The quantitative estimate of drug-likeness (QED) is 0.787. The van der Waals surface area contributed by atoms with Crippen LogP contribution < -0.4 is 10.8 Å².